The van der Waals surface area contributed by atoms with E-state index in [1.165, 1.54) is 0 Å². The van der Waals surface area contributed by atoms with E-state index in [9.17, 15) is 0 Å². The highest BCUT2D eigenvalue weighted by Crippen LogP contribution is 2.27. The predicted molar refractivity (Wildman–Crippen MR) is 85.7 cm³/mol. The molecule has 0 saturated heterocycles. The molecule has 0 aliphatic heterocycles. The van der Waals surface area contributed by atoms with Crippen molar-refractivity contribution >= 4 is 5.69 Å². The van der Waals surface area contributed by atoms with Crippen molar-refractivity contribution in [3.05, 3.63) is 42.5 Å². The SMILES string of the molecule is CCCn1cncc1C(CN)N(C)c1cccc(OC)c1. The number of aryl methyl sites for hydroxylation is 1. The van der Waals surface area contributed by atoms with Crippen LogP contribution in [0, 0.1) is 0 Å². The quantitative estimate of drug-likeness (QED) is 0.850. The third kappa shape index (κ3) is 3.36. The van der Waals surface area contributed by atoms with Crippen molar-refractivity contribution in [2.45, 2.75) is 25.9 Å². The maximum Gasteiger partial charge on any atom is 0.120 e. The zero-order valence-electron chi connectivity index (χ0n) is 13.0. The molecule has 21 heavy (non-hydrogen) atoms. The maximum atomic E-state index is 6.02. The molecule has 5 heteroatoms. The van der Waals surface area contributed by atoms with Crippen molar-refractivity contribution < 1.29 is 4.74 Å². The summed E-state index contributed by atoms with van der Waals surface area (Å²) in [6.07, 6.45) is 4.86. The van der Waals surface area contributed by atoms with E-state index in [0.717, 1.165) is 30.1 Å². The molecule has 1 heterocycles. The Bertz CT molecular complexity index is 567. The van der Waals surface area contributed by atoms with Gasteiger partial charge in [0.2, 0.25) is 0 Å². The Hall–Kier alpha value is -2.01. The first-order chi connectivity index (χ1) is 10.2. The van der Waals surface area contributed by atoms with Gasteiger partial charge < -0.3 is 19.9 Å². The second kappa shape index (κ2) is 7.13. The van der Waals surface area contributed by atoms with Gasteiger partial charge in [0.05, 0.1) is 31.4 Å². The number of nitrogens with zero attached hydrogens (tertiary/aromatic N) is 3. The van der Waals surface area contributed by atoms with Gasteiger partial charge in [-0.3, -0.25) is 0 Å². The Labute approximate surface area is 126 Å². The molecule has 0 amide bonds. The lowest BCUT2D eigenvalue weighted by Crippen LogP contribution is -2.32. The lowest BCUT2D eigenvalue weighted by atomic mass is 10.1. The minimum Gasteiger partial charge on any atom is -0.497 e. The van der Waals surface area contributed by atoms with Gasteiger partial charge in [-0.25, -0.2) is 4.98 Å². The molecule has 5 nitrogen and oxygen atoms in total. The number of ether oxygens (including phenoxy) is 1. The van der Waals surface area contributed by atoms with Crippen molar-refractivity contribution in [1.29, 1.82) is 0 Å². The molecule has 0 spiro atoms. The van der Waals surface area contributed by atoms with Crippen LogP contribution >= 0.6 is 0 Å². The van der Waals surface area contributed by atoms with Crippen LogP contribution in [0.3, 0.4) is 0 Å². The van der Waals surface area contributed by atoms with Crippen LogP contribution in [0.2, 0.25) is 0 Å². The molecule has 114 valence electrons. The van der Waals surface area contributed by atoms with Gasteiger partial charge in [-0.2, -0.15) is 0 Å². The lowest BCUT2D eigenvalue weighted by molar-refractivity contribution is 0.414. The summed E-state index contributed by atoms with van der Waals surface area (Å²) < 4.78 is 7.47. The van der Waals surface area contributed by atoms with Crippen LogP contribution in [-0.4, -0.2) is 30.3 Å². The fraction of sp³-hybridized carbons (Fsp3) is 0.438. The summed E-state index contributed by atoms with van der Waals surface area (Å²) >= 11 is 0. The Kier molecular flexibility index (Phi) is 5.22. The van der Waals surface area contributed by atoms with Gasteiger partial charge in [0, 0.05) is 31.9 Å². The lowest BCUT2D eigenvalue weighted by Gasteiger charge is -2.30. The Morgan fingerprint density at radius 1 is 1.43 bits per heavy atom. The molecule has 1 atom stereocenters. The fourth-order valence-electron chi connectivity index (χ4n) is 2.52. The summed E-state index contributed by atoms with van der Waals surface area (Å²) in [6.45, 7) is 3.65. The van der Waals surface area contributed by atoms with Crippen LogP contribution in [0.4, 0.5) is 5.69 Å². The molecule has 1 unspecified atom stereocenters. The Morgan fingerprint density at radius 3 is 2.90 bits per heavy atom. The molecule has 0 aliphatic rings. The summed E-state index contributed by atoms with van der Waals surface area (Å²) in [4.78, 5) is 6.45. The van der Waals surface area contributed by atoms with Gasteiger partial charge in [0.25, 0.3) is 0 Å². The molecule has 2 N–H and O–H groups in total. The predicted octanol–water partition coefficient (Wildman–Crippen LogP) is 2.44. The van der Waals surface area contributed by atoms with E-state index in [4.69, 9.17) is 10.5 Å². The number of nitrogens with two attached hydrogens (primary N) is 1. The van der Waals surface area contributed by atoms with Crippen LogP contribution in [0.15, 0.2) is 36.8 Å². The highest BCUT2D eigenvalue weighted by molar-refractivity contribution is 5.51. The molecule has 2 rings (SSSR count). The summed E-state index contributed by atoms with van der Waals surface area (Å²) in [6, 6.07) is 8.10. The topological polar surface area (TPSA) is 56.3 Å². The average Bonchev–Trinajstić information content (AvgIpc) is 2.96. The van der Waals surface area contributed by atoms with E-state index < -0.39 is 0 Å². The molecule has 0 fully saturated rings. The second-order valence-corrected chi connectivity index (χ2v) is 5.08. The van der Waals surface area contributed by atoms with E-state index in [1.807, 2.05) is 30.7 Å². The monoisotopic (exact) mass is 288 g/mol. The van der Waals surface area contributed by atoms with Gasteiger partial charge >= 0.3 is 0 Å². The van der Waals surface area contributed by atoms with Crippen molar-refractivity contribution in [2.24, 2.45) is 5.73 Å². The second-order valence-electron chi connectivity index (χ2n) is 5.08. The standard InChI is InChI=1S/C16H24N4O/c1-4-8-20-12-18-11-16(20)15(10-17)19(2)13-6-5-7-14(9-13)21-3/h5-7,9,11-12,15H,4,8,10,17H2,1-3H3. The summed E-state index contributed by atoms with van der Waals surface area (Å²) in [7, 11) is 3.73. The van der Waals surface area contributed by atoms with Crippen molar-refractivity contribution in [2.75, 3.05) is 25.6 Å². The number of hydrogen-bond acceptors (Lipinski definition) is 4. The van der Waals surface area contributed by atoms with Gasteiger partial charge in [-0.05, 0) is 18.6 Å². The molecule has 1 aromatic carbocycles. The number of likely N-dealkylation sites (N-methyl/N-ethyl adjacent to an activating group) is 1. The number of methoxy groups -OCH3 is 1. The molecule has 1 aromatic heterocycles. The molecule has 2 aromatic rings. The van der Waals surface area contributed by atoms with Crippen LogP contribution in [-0.2, 0) is 6.54 Å². The number of aromatic nitrogens is 2. The normalized spacial score (nSPS) is 12.2. The fourth-order valence-corrected chi connectivity index (χ4v) is 2.52. The maximum absolute atomic E-state index is 6.02. The molecule has 0 bridgehead atoms. The molecule has 0 saturated carbocycles. The molecular weight excluding hydrogens is 264 g/mol. The number of rotatable bonds is 7. The third-order valence-electron chi connectivity index (χ3n) is 3.70. The molecular formula is C16H24N4O. The minimum absolute atomic E-state index is 0.0890. The number of imidazole rings is 1. The van der Waals surface area contributed by atoms with Crippen LogP contribution in [0.5, 0.6) is 5.75 Å². The first-order valence-corrected chi connectivity index (χ1v) is 7.28. The van der Waals surface area contributed by atoms with E-state index in [0.29, 0.717) is 6.54 Å². The third-order valence-corrected chi connectivity index (χ3v) is 3.70. The first-order valence-electron chi connectivity index (χ1n) is 7.28. The smallest absolute Gasteiger partial charge is 0.120 e. The largest absolute Gasteiger partial charge is 0.497 e. The van der Waals surface area contributed by atoms with Crippen molar-refractivity contribution in [1.82, 2.24) is 9.55 Å². The van der Waals surface area contributed by atoms with E-state index in [1.54, 1.807) is 7.11 Å². The van der Waals surface area contributed by atoms with Gasteiger partial charge in [-0.15, -0.1) is 0 Å². The van der Waals surface area contributed by atoms with Gasteiger partial charge in [-0.1, -0.05) is 13.0 Å². The zero-order valence-corrected chi connectivity index (χ0v) is 13.0. The molecule has 0 aliphatic carbocycles. The Morgan fingerprint density at radius 2 is 2.24 bits per heavy atom. The number of benzene rings is 1. The highest BCUT2D eigenvalue weighted by Gasteiger charge is 2.20. The van der Waals surface area contributed by atoms with Crippen LogP contribution in [0.25, 0.3) is 0 Å². The van der Waals surface area contributed by atoms with Crippen LogP contribution in [0.1, 0.15) is 25.1 Å². The summed E-state index contributed by atoms with van der Waals surface area (Å²) in [5.41, 5.74) is 8.24. The first kappa shape index (κ1) is 15.4. The van der Waals surface area contributed by atoms with E-state index >= 15 is 0 Å². The highest BCUT2D eigenvalue weighted by atomic mass is 16.5. The minimum atomic E-state index is 0.0890. The van der Waals surface area contributed by atoms with Crippen LogP contribution < -0.4 is 15.4 Å². The van der Waals surface area contributed by atoms with Gasteiger partial charge in [0.15, 0.2) is 0 Å². The Balaban J connectivity index is 2.29. The van der Waals surface area contributed by atoms with E-state index in [2.05, 4.69) is 34.5 Å². The molecule has 0 radical (unpaired) electrons. The van der Waals surface area contributed by atoms with Crippen molar-refractivity contribution in [3.63, 3.8) is 0 Å². The summed E-state index contributed by atoms with van der Waals surface area (Å²) in [5, 5.41) is 0. The summed E-state index contributed by atoms with van der Waals surface area (Å²) in [5.74, 6) is 0.845. The average molecular weight is 288 g/mol. The van der Waals surface area contributed by atoms with Crippen molar-refractivity contribution in [3.8, 4) is 5.75 Å². The number of anilines is 1. The van der Waals surface area contributed by atoms with E-state index in [-0.39, 0.29) is 6.04 Å². The number of hydrogen-bond donors (Lipinski definition) is 1. The zero-order chi connectivity index (χ0) is 15.2. The van der Waals surface area contributed by atoms with Gasteiger partial charge in [0.1, 0.15) is 5.75 Å².